The average Bonchev–Trinajstić information content (AvgIpc) is 3.44. The Morgan fingerprint density at radius 1 is 1.08 bits per heavy atom. The number of carbonyl (C=O) groups is 3. The Bertz CT molecular complexity index is 1330. The number of aromatic nitrogens is 1. The molecule has 1 heterocycles. The van der Waals surface area contributed by atoms with Crippen molar-refractivity contribution in [2.45, 2.75) is 52.1 Å². The molecule has 1 unspecified atom stereocenters. The van der Waals surface area contributed by atoms with Crippen molar-refractivity contribution in [1.82, 2.24) is 9.88 Å². The van der Waals surface area contributed by atoms with Crippen molar-refractivity contribution in [3.63, 3.8) is 0 Å². The van der Waals surface area contributed by atoms with Gasteiger partial charge in [0.25, 0.3) is 0 Å². The van der Waals surface area contributed by atoms with Crippen LogP contribution in [-0.4, -0.2) is 22.0 Å². The van der Waals surface area contributed by atoms with Crippen molar-refractivity contribution in [1.29, 1.82) is 0 Å². The van der Waals surface area contributed by atoms with E-state index in [4.69, 9.17) is 11.6 Å². The molecule has 4 atom stereocenters. The van der Waals surface area contributed by atoms with Gasteiger partial charge in [0.15, 0.2) is 11.6 Å². The van der Waals surface area contributed by atoms with E-state index in [1.807, 2.05) is 28.8 Å². The molecule has 36 heavy (non-hydrogen) atoms. The van der Waals surface area contributed by atoms with Gasteiger partial charge in [-0.2, -0.15) is 0 Å². The summed E-state index contributed by atoms with van der Waals surface area (Å²) in [6.07, 6.45) is 6.59. The summed E-state index contributed by atoms with van der Waals surface area (Å²) in [5, 5.41) is 3.72. The van der Waals surface area contributed by atoms with Gasteiger partial charge in [-0.05, 0) is 43.7 Å². The molecule has 2 aliphatic rings. The number of rotatable bonds is 7. The number of para-hydroxylation sites is 1. The maximum Gasteiger partial charge on any atom is 0.224 e. The lowest BCUT2D eigenvalue weighted by Crippen LogP contribution is -2.38. The predicted molar refractivity (Wildman–Crippen MR) is 137 cm³/mol. The highest BCUT2D eigenvalue weighted by Crippen LogP contribution is 2.49. The molecule has 5 nitrogen and oxygen atoms in total. The number of carbonyl (C=O) groups excluding carboxylic acids is 3. The molecule has 2 aliphatic carbocycles. The second-order valence-corrected chi connectivity index (χ2v) is 10.6. The predicted octanol–water partition coefficient (Wildman–Crippen LogP) is 5.96. The van der Waals surface area contributed by atoms with Gasteiger partial charge in [-0.1, -0.05) is 61.2 Å². The molecular weight excluding hydrogens is 479 g/mol. The number of fused-ring (bicyclic) bond motifs is 2. The third-order valence-electron chi connectivity index (χ3n) is 8.11. The van der Waals surface area contributed by atoms with E-state index in [9.17, 15) is 18.8 Å². The first kappa shape index (κ1) is 24.7. The third-order valence-corrected chi connectivity index (χ3v) is 8.40. The first-order chi connectivity index (χ1) is 17.3. The van der Waals surface area contributed by atoms with Crippen LogP contribution in [0.3, 0.4) is 0 Å². The van der Waals surface area contributed by atoms with Crippen molar-refractivity contribution < 1.29 is 18.8 Å². The van der Waals surface area contributed by atoms with E-state index in [1.54, 1.807) is 18.3 Å². The van der Waals surface area contributed by atoms with Gasteiger partial charge in [0.1, 0.15) is 5.82 Å². The maximum absolute atomic E-state index is 14.3. The Morgan fingerprint density at radius 3 is 2.67 bits per heavy atom. The summed E-state index contributed by atoms with van der Waals surface area (Å²) < 4.78 is 16.2. The quantitative estimate of drug-likeness (QED) is 0.400. The standard InChI is InChI=1S/C29H30ClFN2O3/c1-17(34)23-15-33(25-12-5-4-10-21(23)25)16-26(35)27-20-9-3-2-7-18(20)13-22(27)29(36)32-14-19-8-6-11-24(30)28(19)31/h4-6,8,10-12,15,18,20,22,27H,2-3,7,9,13-14,16H2,1H3,(H,32,36)/t18-,20-,22+,27?/m0/s1. The van der Waals surface area contributed by atoms with Gasteiger partial charge in [-0.15, -0.1) is 0 Å². The number of benzene rings is 2. The van der Waals surface area contributed by atoms with Crippen LogP contribution in [0.15, 0.2) is 48.7 Å². The number of ketones is 2. The molecule has 0 bridgehead atoms. The first-order valence-corrected chi connectivity index (χ1v) is 13.0. The van der Waals surface area contributed by atoms with Gasteiger partial charge in [-0.3, -0.25) is 14.4 Å². The smallest absolute Gasteiger partial charge is 0.224 e. The molecule has 7 heteroatoms. The number of amides is 1. The number of hydrogen-bond donors (Lipinski definition) is 1. The van der Waals surface area contributed by atoms with E-state index in [-0.39, 0.29) is 47.4 Å². The van der Waals surface area contributed by atoms with Gasteiger partial charge in [0, 0.05) is 46.6 Å². The second-order valence-electron chi connectivity index (χ2n) is 10.2. The van der Waals surface area contributed by atoms with Crippen LogP contribution in [0.4, 0.5) is 4.39 Å². The monoisotopic (exact) mass is 508 g/mol. The SMILES string of the molecule is CC(=O)c1cn(CC(=O)C2[C@H]3CCCC[C@H]3C[C@H]2C(=O)NCc2cccc(Cl)c2F)c2ccccc12. The van der Waals surface area contributed by atoms with E-state index in [0.29, 0.717) is 23.5 Å². The Hall–Kier alpha value is -2.99. The van der Waals surface area contributed by atoms with Crippen LogP contribution in [0.25, 0.3) is 10.9 Å². The minimum absolute atomic E-state index is 0.0190. The number of nitrogens with one attached hydrogen (secondary N) is 1. The minimum atomic E-state index is -0.534. The molecule has 2 aromatic carbocycles. The fourth-order valence-corrected chi connectivity index (χ4v) is 6.63. The Kier molecular flexibility index (Phi) is 6.98. The van der Waals surface area contributed by atoms with Crippen LogP contribution in [0.2, 0.25) is 5.02 Å². The molecular formula is C29H30ClFN2O3. The molecule has 0 radical (unpaired) electrons. The van der Waals surface area contributed by atoms with Crippen LogP contribution in [0, 0.1) is 29.5 Å². The Balaban J connectivity index is 1.39. The first-order valence-electron chi connectivity index (χ1n) is 12.7. The molecule has 0 saturated heterocycles. The van der Waals surface area contributed by atoms with Crippen molar-refractivity contribution in [2.24, 2.45) is 23.7 Å². The fraction of sp³-hybridized carbons (Fsp3) is 0.414. The fourth-order valence-electron chi connectivity index (χ4n) is 6.44. The van der Waals surface area contributed by atoms with Gasteiger partial charge < -0.3 is 9.88 Å². The van der Waals surface area contributed by atoms with Gasteiger partial charge in [0.2, 0.25) is 5.91 Å². The van der Waals surface area contributed by atoms with E-state index in [1.165, 1.54) is 13.0 Å². The average molecular weight is 509 g/mol. The van der Waals surface area contributed by atoms with E-state index in [2.05, 4.69) is 5.32 Å². The lowest BCUT2D eigenvalue weighted by Gasteiger charge is -2.29. The van der Waals surface area contributed by atoms with Crippen molar-refractivity contribution in [2.75, 3.05) is 0 Å². The molecule has 2 fully saturated rings. The Labute approximate surface area is 215 Å². The number of hydrogen-bond acceptors (Lipinski definition) is 3. The maximum atomic E-state index is 14.3. The molecule has 0 aliphatic heterocycles. The van der Waals surface area contributed by atoms with Crippen LogP contribution in [-0.2, 0) is 22.7 Å². The highest BCUT2D eigenvalue weighted by atomic mass is 35.5. The van der Waals surface area contributed by atoms with Crippen molar-refractivity contribution in [3.05, 3.63) is 70.6 Å². The summed E-state index contributed by atoms with van der Waals surface area (Å²) in [7, 11) is 0. The molecule has 1 aromatic heterocycles. The highest BCUT2D eigenvalue weighted by Gasteiger charge is 2.49. The topological polar surface area (TPSA) is 68.2 Å². The van der Waals surface area contributed by atoms with Gasteiger partial charge in [0.05, 0.1) is 11.6 Å². The number of nitrogens with zero attached hydrogens (tertiary/aromatic N) is 1. The summed E-state index contributed by atoms with van der Waals surface area (Å²) in [5.41, 5.74) is 1.76. The summed E-state index contributed by atoms with van der Waals surface area (Å²) in [6.45, 7) is 1.68. The normalized spacial score (nSPS) is 23.4. The number of halogens is 2. The zero-order chi connectivity index (χ0) is 25.4. The lowest BCUT2D eigenvalue weighted by molar-refractivity contribution is -0.134. The zero-order valence-electron chi connectivity index (χ0n) is 20.3. The van der Waals surface area contributed by atoms with Crippen LogP contribution in [0.1, 0.15) is 54.9 Å². The minimum Gasteiger partial charge on any atom is -0.352 e. The molecule has 3 aromatic rings. The van der Waals surface area contributed by atoms with Crippen molar-refractivity contribution in [3.8, 4) is 0 Å². The molecule has 2 saturated carbocycles. The van der Waals surface area contributed by atoms with Crippen LogP contribution in [0.5, 0.6) is 0 Å². The molecule has 1 N–H and O–H groups in total. The Morgan fingerprint density at radius 2 is 1.86 bits per heavy atom. The molecule has 188 valence electrons. The van der Waals surface area contributed by atoms with Crippen LogP contribution < -0.4 is 5.32 Å². The molecule has 0 spiro atoms. The largest absolute Gasteiger partial charge is 0.352 e. The third kappa shape index (κ3) is 4.59. The van der Waals surface area contributed by atoms with Gasteiger partial charge in [-0.25, -0.2) is 4.39 Å². The van der Waals surface area contributed by atoms with Crippen LogP contribution >= 0.6 is 11.6 Å². The van der Waals surface area contributed by atoms with E-state index in [0.717, 1.165) is 36.6 Å². The van der Waals surface area contributed by atoms with Gasteiger partial charge >= 0.3 is 0 Å². The highest BCUT2D eigenvalue weighted by molar-refractivity contribution is 6.30. The molecule has 5 rings (SSSR count). The summed E-state index contributed by atoms with van der Waals surface area (Å²) >= 11 is 5.89. The van der Waals surface area contributed by atoms with E-state index >= 15 is 0 Å². The van der Waals surface area contributed by atoms with Crippen molar-refractivity contribution >= 4 is 40.0 Å². The van der Waals surface area contributed by atoms with E-state index < -0.39 is 11.7 Å². The zero-order valence-corrected chi connectivity index (χ0v) is 21.1. The lowest BCUT2D eigenvalue weighted by atomic mass is 9.76. The summed E-state index contributed by atoms with van der Waals surface area (Å²) in [6, 6.07) is 12.3. The molecule has 1 amide bonds. The summed E-state index contributed by atoms with van der Waals surface area (Å²) in [4.78, 5) is 39.4. The summed E-state index contributed by atoms with van der Waals surface area (Å²) in [5.74, 6) is -1.06. The number of Topliss-reactive ketones (excluding diaryl/α,β-unsaturated/α-hetero) is 2. The second kappa shape index (κ2) is 10.2.